The summed E-state index contributed by atoms with van der Waals surface area (Å²) in [6, 6.07) is 0. The Hall–Kier alpha value is -0.860. The van der Waals surface area contributed by atoms with Crippen LogP contribution in [-0.4, -0.2) is 47.7 Å². The molecule has 1 aliphatic rings. The van der Waals surface area contributed by atoms with Gasteiger partial charge in [-0.05, 0) is 19.8 Å². The fraction of sp³-hybridized carbons (Fsp3) is 0.727. The summed E-state index contributed by atoms with van der Waals surface area (Å²) in [5.41, 5.74) is 0. The lowest BCUT2D eigenvalue weighted by atomic mass is 10.4. The van der Waals surface area contributed by atoms with Crippen LogP contribution < -0.4 is 5.32 Å². The van der Waals surface area contributed by atoms with Crippen LogP contribution in [0.5, 0.6) is 0 Å². The third-order valence-corrected chi connectivity index (χ3v) is 2.81. The molecule has 2 heterocycles. The van der Waals surface area contributed by atoms with Gasteiger partial charge in [0, 0.05) is 33.1 Å². The van der Waals surface area contributed by atoms with Gasteiger partial charge in [-0.25, -0.2) is 0 Å². The maximum atomic E-state index is 5.05. The van der Waals surface area contributed by atoms with Crippen LogP contribution in [0.3, 0.4) is 0 Å². The minimum absolute atomic E-state index is 0. The van der Waals surface area contributed by atoms with Crippen molar-refractivity contribution in [3.8, 4) is 0 Å². The molecule has 1 N–H and O–H groups in total. The number of hydrogen-bond donors (Lipinski definition) is 1. The van der Waals surface area contributed by atoms with Gasteiger partial charge in [0.2, 0.25) is 5.89 Å². The lowest BCUT2D eigenvalue weighted by Crippen LogP contribution is -2.40. The zero-order valence-corrected chi connectivity index (χ0v) is 13.2. The van der Waals surface area contributed by atoms with Crippen LogP contribution >= 0.6 is 24.0 Å². The zero-order chi connectivity index (χ0) is 12.1. The monoisotopic (exact) mass is 365 g/mol. The molecule has 1 aliphatic heterocycles. The molecular weight excluding hydrogens is 345 g/mol. The summed E-state index contributed by atoms with van der Waals surface area (Å²) in [6.07, 6.45) is 3.24. The normalized spacial score (nSPS) is 15.7. The van der Waals surface area contributed by atoms with Crippen molar-refractivity contribution < 1.29 is 4.52 Å². The highest BCUT2D eigenvalue weighted by molar-refractivity contribution is 14.0. The zero-order valence-electron chi connectivity index (χ0n) is 10.8. The minimum Gasteiger partial charge on any atom is -0.356 e. The van der Waals surface area contributed by atoms with E-state index < -0.39 is 0 Å². The molecule has 0 spiro atoms. The van der Waals surface area contributed by atoms with E-state index in [1.54, 1.807) is 0 Å². The van der Waals surface area contributed by atoms with Crippen LogP contribution in [0.1, 0.15) is 24.6 Å². The highest BCUT2D eigenvalue weighted by atomic mass is 127. The second-order valence-corrected chi connectivity index (χ2v) is 4.15. The van der Waals surface area contributed by atoms with Gasteiger partial charge in [0.05, 0.1) is 0 Å². The van der Waals surface area contributed by atoms with Gasteiger partial charge in [-0.1, -0.05) is 5.16 Å². The molecule has 0 atom stereocenters. The predicted molar refractivity (Wildman–Crippen MR) is 80.3 cm³/mol. The Labute approximate surface area is 124 Å². The average molecular weight is 365 g/mol. The number of rotatable bonds is 3. The molecule has 0 radical (unpaired) electrons. The fourth-order valence-electron chi connectivity index (χ4n) is 1.98. The summed E-state index contributed by atoms with van der Waals surface area (Å²) in [4.78, 5) is 10.7. The molecule has 0 unspecified atom stereocenters. The van der Waals surface area contributed by atoms with Gasteiger partial charge in [0.15, 0.2) is 11.8 Å². The molecule has 1 aromatic rings. The summed E-state index contributed by atoms with van der Waals surface area (Å²) in [7, 11) is 1.82. The molecule has 0 aromatic carbocycles. The molecule has 0 bridgehead atoms. The number of aliphatic imine (C=N–C) groups is 1. The SMILES string of the molecule is CN=C(NCCc1nc(C)no1)N1CCCC1.I. The van der Waals surface area contributed by atoms with E-state index in [-0.39, 0.29) is 24.0 Å². The molecule has 0 saturated carbocycles. The standard InChI is InChI=1S/C11H19N5O.HI/c1-9-14-10(17-15-9)5-6-13-11(12-2)16-7-3-4-8-16;/h3-8H2,1-2H3,(H,12,13);1H. The molecule has 0 amide bonds. The summed E-state index contributed by atoms with van der Waals surface area (Å²) in [6.45, 7) is 4.78. The number of nitrogens with one attached hydrogen (secondary N) is 1. The van der Waals surface area contributed by atoms with Crippen molar-refractivity contribution in [3.63, 3.8) is 0 Å². The lowest BCUT2D eigenvalue weighted by molar-refractivity contribution is 0.373. The first-order valence-corrected chi connectivity index (χ1v) is 6.04. The molecule has 102 valence electrons. The van der Waals surface area contributed by atoms with Crippen LogP contribution in [0, 0.1) is 6.92 Å². The van der Waals surface area contributed by atoms with Crippen LogP contribution in [0.25, 0.3) is 0 Å². The van der Waals surface area contributed by atoms with Crippen LogP contribution in [-0.2, 0) is 6.42 Å². The smallest absolute Gasteiger partial charge is 0.228 e. The second-order valence-electron chi connectivity index (χ2n) is 4.15. The summed E-state index contributed by atoms with van der Waals surface area (Å²) in [5.74, 6) is 2.33. The van der Waals surface area contributed by atoms with E-state index in [0.717, 1.165) is 32.0 Å². The van der Waals surface area contributed by atoms with Gasteiger partial charge in [-0.3, -0.25) is 4.99 Å². The molecule has 0 aliphatic carbocycles. The van der Waals surface area contributed by atoms with Crippen molar-refractivity contribution in [1.82, 2.24) is 20.4 Å². The van der Waals surface area contributed by atoms with Gasteiger partial charge >= 0.3 is 0 Å². The molecule has 1 aromatic heterocycles. The van der Waals surface area contributed by atoms with E-state index in [0.29, 0.717) is 11.7 Å². The first-order chi connectivity index (χ1) is 8.29. The number of likely N-dealkylation sites (tertiary alicyclic amines) is 1. The largest absolute Gasteiger partial charge is 0.356 e. The van der Waals surface area contributed by atoms with Crippen molar-refractivity contribution in [2.75, 3.05) is 26.7 Å². The molecule has 1 fully saturated rings. The topological polar surface area (TPSA) is 66.5 Å². The van der Waals surface area contributed by atoms with Crippen molar-refractivity contribution in [1.29, 1.82) is 0 Å². The van der Waals surface area contributed by atoms with Crippen molar-refractivity contribution >= 4 is 29.9 Å². The van der Waals surface area contributed by atoms with E-state index in [2.05, 4.69) is 25.3 Å². The number of aromatic nitrogens is 2. The molecule has 6 nitrogen and oxygen atoms in total. The highest BCUT2D eigenvalue weighted by Gasteiger charge is 2.15. The Morgan fingerprint density at radius 1 is 1.44 bits per heavy atom. The number of hydrogen-bond acceptors (Lipinski definition) is 4. The Kier molecular flexibility index (Phi) is 6.37. The van der Waals surface area contributed by atoms with Crippen LogP contribution in [0.15, 0.2) is 9.52 Å². The summed E-state index contributed by atoms with van der Waals surface area (Å²) >= 11 is 0. The number of aryl methyl sites for hydroxylation is 1. The van der Waals surface area contributed by atoms with E-state index in [1.807, 2.05) is 14.0 Å². The third kappa shape index (κ3) is 4.11. The quantitative estimate of drug-likeness (QED) is 0.496. The minimum atomic E-state index is 0. The van der Waals surface area contributed by atoms with Gasteiger partial charge < -0.3 is 14.7 Å². The van der Waals surface area contributed by atoms with Crippen LogP contribution in [0.4, 0.5) is 0 Å². The Morgan fingerprint density at radius 3 is 2.72 bits per heavy atom. The molecule has 2 rings (SSSR count). The number of nitrogens with zero attached hydrogens (tertiary/aromatic N) is 4. The van der Waals surface area contributed by atoms with E-state index in [4.69, 9.17) is 4.52 Å². The first-order valence-electron chi connectivity index (χ1n) is 6.04. The van der Waals surface area contributed by atoms with Gasteiger partial charge in [-0.15, -0.1) is 24.0 Å². The Balaban J connectivity index is 0.00000162. The van der Waals surface area contributed by atoms with Crippen molar-refractivity contribution in [2.45, 2.75) is 26.2 Å². The van der Waals surface area contributed by atoms with E-state index >= 15 is 0 Å². The molecular formula is C11H20IN5O. The first kappa shape index (κ1) is 15.2. The summed E-state index contributed by atoms with van der Waals surface area (Å²) < 4.78 is 5.05. The molecule has 7 heteroatoms. The maximum Gasteiger partial charge on any atom is 0.228 e. The maximum absolute atomic E-state index is 5.05. The van der Waals surface area contributed by atoms with Gasteiger partial charge in [0.25, 0.3) is 0 Å². The van der Waals surface area contributed by atoms with E-state index in [1.165, 1.54) is 12.8 Å². The predicted octanol–water partition coefficient (Wildman–Crippen LogP) is 1.21. The Bertz CT molecular complexity index is 387. The number of halogens is 1. The Morgan fingerprint density at radius 2 is 2.17 bits per heavy atom. The van der Waals surface area contributed by atoms with Gasteiger partial charge in [0.1, 0.15) is 0 Å². The van der Waals surface area contributed by atoms with Crippen molar-refractivity contribution in [3.05, 3.63) is 11.7 Å². The third-order valence-electron chi connectivity index (χ3n) is 2.81. The van der Waals surface area contributed by atoms with Crippen LogP contribution in [0.2, 0.25) is 0 Å². The average Bonchev–Trinajstić information content (AvgIpc) is 2.96. The highest BCUT2D eigenvalue weighted by Crippen LogP contribution is 2.07. The molecule has 1 saturated heterocycles. The second kappa shape index (κ2) is 7.55. The number of guanidine groups is 1. The van der Waals surface area contributed by atoms with Crippen molar-refractivity contribution in [2.24, 2.45) is 4.99 Å². The summed E-state index contributed by atoms with van der Waals surface area (Å²) in [5, 5.41) is 7.07. The lowest BCUT2D eigenvalue weighted by Gasteiger charge is -2.20. The molecule has 18 heavy (non-hydrogen) atoms. The van der Waals surface area contributed by atoms with E-state index in [9.17, 15) is 0 Å². The fourth-order valence-corrected chi connectivity index (χ4v) is 1.98. The van der Waals surface area contributed by atoms with Gasteiger partial charge in [-0.2, -0.15) is 4.98 Å².